The molecule has 0 aromatic carbocycles. The molecular formula is C9H16Si. The van der Waals surface area contributed by atoms with Crippen LogP contribution in [0.4, 0.5) is 0 Å². The van der Waals surface area contributed by atoms with E-state index in [0.717, 1.165) is 5.54 Å². The minimum absolute atomic E-state index is 0.799. The molecule has 10 heavy (non-hydrogen) atoms. The normalized spacial score (nSPS) is 25.2. The maximum atomic E-state index is 2.42. The Bertz CT molecular complexity index is 181. The average Bonchev–Trinajstić information content (AvgIpc) is 2.11. The van der Waals surface area contributed by atoms with Crippen LogP contribution in [0.3, 0.4) is 0 Å². The molecule has 0 fully saturated rings. The van der Waals surface area contributed by atoms with Gasteiger partial charge < -0.3 is 0 Å². The Morgan fingerprint density at radius 3 is 2.10 bits per heavy atom. The first-order valence-electron chi connectivity index (χ1n) is 3.87. The van der Waals surface area contributed by atoms with Gasteiger partial charge in [-0.1, -0.05) is 43.4 Å². The van der Waals surface area contributed by atoms with Gasteiger partial charge in [0.2, 0.25) is 0 Å². The van der Waals surface area contributed by atoms with Gasteiger partial charge in [0.05, 0.1) is 8.07 Å². The van der Waals surface area contributed by atoms with E-state index in [1.807, 2.05) is 0 Å². The van der Waals surface area contributed by atoms with E-state index < -0.39 is 8.07 Å². The first-order valence-corrected chi connectivity index (χ1v) is 7.44. The van der Waals surface area contributed by atoms with Crippen molar-refractivity contribution in [2.24, 2.45) is 0 Å². The van der Waals surface area contributed by atoms with Crippen molar-refractivity contribution in [2.75, 3.05) is 0 Å². The van der Waals surface area contributed by atoms with Crippen molar-refractivity contribution in [1.82, 2.24) is 0 Å². The van der Waals surface area contributed by atoms with Gasteiger partial charge >= 0.3 is 0 Å². The molecule has 0 saturated carbocycles. The lowest BCUT2D eigenvalue weighted by Gasteiger charge is -2.24. The molecule has 1 aliphatic carbocycles. The highest BCUT2D eigenvalue weighted by Crippen LogP contribution is 2.34. The molecule has 0 aromatic rings. The lowest BCUT2D eigenvalue weighted by molar-refractivity contribution is 1.16. The van der Waals surface area contributed by atoms with Crippen LogP contribution < -0.4 is 0 Å². The van der Waals surface area contributed by atoms with Crippen LogP contribution in [0.25, 0.3) is 0 Å². The second kappa shape index (κ2) is 2.39. The first kappa shape index (κ1) is 7.80. The van der Waals surface area contributed by atoms with Crippen molar-refractivity contribution in [3.63, 3.8) is 0 Å². The zero-order valence-corrected chi connectivity index (χ0v) is 8.31. The van der Waals surface area contributed by atoms with Crippen molar-refractivity contribution < 1.29 is 0 Å². The fraction of sp³-hybridized carbons (Fsp3) is 0.556. The Kier molecular flexibility index (Phi) is 1.86. The van der Waals surface area contributed by atoms with E-state index in [-0.39, 0.29) is 0 Å². The van der Waals surface area contributed by atoms with Gasteiger partial charge in [-0.2, -0.15) is 0 Å². The summed E-state index contributed by atoms with van der Waals surface area (Å²) in [4.78, 5) is 0. The van der Waals surface area contributed by atoms with E-state index in [1.54, 1.807) is 5.57 Å². The minimum atomic E-state index is -0.942. The number of rotatable bonds is 1. The molecule has 0 aromatic heterocycles. The molecule has 0 amide bonds. The predicted molar refractivity (Wildman–Crippen MR) is 50.0 cm³/mol. The highest BCUT2D eigenvalue weighted by Gasteiger charge is 2.26. The zero-order chi connectivity index (χ0) is 7.78. The van der Waals surface area contributed by atoms with Crippen LogP contribution in [0.15, 0.2) is 23.8 Å². The molecule has 0 heterocycles. The third kappa shape index (κ3) is 1.40. The fourth-order valence-corrected chi connectivity index (χ4v) is 3.70. The van der Waals surface area contributed by atoms with E-state index in [1.165, 1.54) is 0 Å². The monoisotopic (exact) mass is 152 g/mol. The molecule has 1 heteroatoms. The smallest absolute Gasteiger partial charge is 0.0561 e. The summed E-state index contributed by atoms with van der Waals surface area (Å²) in [7, 11) is -0.942. The molecule has 1 rings (SSSR count). The zero-order valence-electron chi connectivity index (χ0n) is 7.31. The highest BCUT2D eigenvalue weighted by molar-refractivity contribution is 6.78. The molecule has 1 unspecified atom stereocenters. The average molecular weight is 152 g/mol. The highest BCUT2D eigenvalue weighted by atomic mass is 28.3. The van der Waals surface area contributed by atoms with E-state index in [2.05, 4.69) is 44.8 Å². The van der Waals surface area contributed by atoms with Crippen molar-refractivity contribution in [1.29, 1.82) is 0 Å². The summed E-state index contributed by atoms with van der Waals surface area (Å²) in [6.07, 6.45) is 6.78. The maximum absolute atomic E-state index is 2.42. The quantitative estimate of drug-likeness (QED) is 0.506. The van der Waals surface area contributed by atoms with Crippen LogP contribution in [-0.4, -0.2) is 8.07 Å². The second-order valence-corrected chi connectivity index (χ2v) is 9.49. The Hall–Kier alpha value is -0.303. The fourth-order valence-electron chi connectivity index (χ4n) is 1.55. The Morgan fingerprint density at radius 1 is 1.30 bits per heavy atom. The SMILES string of the molecule is CC1=CC=CC1[Si](C)(C)C. The van der Waals surface area contributed by atoms with Crippen LogP contribution in [0.2, 0.25) is 25.2 Å². The molecule has 0 saturated heterocycles. The molecule has 0 spiro atoms. The van der Waals surface area contributed by atoms with Gasteiger partial charge in [0, 0.05) is 0 Å². The van der Waals surface area contributed by atoms with Gasteiger partial charge in [0.15, 0.2) is 0 Å². The predicted octanol–water partition coefficient (Wildman–Crippen LogP) is 3.21. The van der Waals surface area contributed by atoms with Crippen LogP contribution in [0.5, 0.6) is 0 Å². The summed E-state index contributed by atoms with van der Waals surface area (Å²) in [5, 5.41) is 0. The molecule has 0 bridgehead atoms. The van der Waals surface area contributed by atoms with E-state index in [0.29, 0.717) is 0 Å². The van der Waals surface area contributed by atoms with Gasteiger partial charge in [0.1, 0.15) is 0 Å². The summed E-state index contributed by atoms with van der Waals surface area (Å²) in [6.45, 7) is 9.50. The molecule has 0 nitrogen and oxygen atoms in total. The van der Waals surface area contributed by atoms with Crippen molar-refractivity contribution in [3.05, 3.63) is 23.8 Å². The summed E-state index contributed by atoms with van der Waals surface area (Å²) in [5.41, 5.74) is 2.35. The van der Waals surface area contributed by atoms with E-state index >= 15 is 0 Å². The molecule has 0 radical (unpaired) electrons. The van der Waals surface area contributed by atoms with Gasteiger partial charge in [-0.05, 0) is 12.5 Å². The number of hydrogen-bond acceptors (Lipinski definition) is 0. The van der Waals surface area contributed by atoms with Crippen molar-refractivity contribution >= 4 is 8.07 Å². The minimum Gasteiger partial charge on any atom is -0.0801 e. The summed E-state index contributed by atoms with van der Waals surface area (Å²) >= 11 is 0. The Labute approximate surface area is 64.7 Å². The summed E-state index contributed by atoms with van der Waals surface area (Å²) in [6, 6.07) is 0. The van der Waals surface area contributed by atoms with E-state index in [4.69, 9.17) is 0 Å². The van der Waals surface area contributed by atoms with Crippen LogP contribution in [-0.2, 0) is 0 Å². The Morgan fingerprint density at radius 2 is 1.90 bits per heavy atom. The second-order valence-electron chi connectivity index (χ2n) is 4.14. The van der Waals surface area contributed by atoms with Gasteiger partial charge in [-0.3, -0.25) is 0 Å². The maximum Gasteiger partial charge on any atom is 0.0561 e. The first-order chi connectivity index (χ1) is 4.52. The lowest BCUT2D eigenvalue weighted by Crippen LogP contribution is -2.26. The Balaban J connectivity index is 2.76. The summed E-state index contributed by atoms with van der Waals surface area (Å²) < 4.78 is 0. The third-order valence-corrected chi connectivity index (χ3v) is 4.60. The van der Waals surface area contributed by atoms with Crippen LogP contribution in [0.1, 0.15) is 6.92 Å². The van der Waals surface area contributed by atoms with Crippen molar-refractivity contribution in [3.8, 4) is 0 Å². The molecule has 1 atom stereocenters. The van der Waals surface area contributed by atoms with Crippen molar-refractivity contribution in [2.45, 2.75) is 32.1 Å². The molecule has 0 aliphatic heterocycles. The van der Waals surface area contributed by atoms with Gasteiger partial charge in [-0.15, -0.1) is 0 Å². The van der Waals surface area contributed by atoms with Crippen LogP contribution in [0, 0.1) is 0 Å². The van der Waals surface area contributed by atoms with Gasteiger partial charge in [-0.25, -0.2) is 0 Å². The van der Waals surface area contributed by atoms with E-state index in [9.17, 15) is 0 Å². The largest absolute Gasteiger partial charge is 0.0801 e. The van der Waals surface area contributed by atoms with Gasteiger partial charge in [0.25, 0.3) is 0 Å². The number of hydrogen-bond donors (Lipinski definition) is 0. The molecule has 0 N–H and O–H groups in total. The number of allylic oxidation sites excluding steroid dienone is 4. The lowest BCUT2D eigenvalue weighted by atomic mass is 10.3. The topological polar surface area (TPSA) is 0 Å². The molecule has 1 aliphatic rings. The van der Waals surface area contributed by atoms with Crippen LogP contribution >= 0.6 is 0 Å². The molecule has 56 valence electrons. The standard InChI is InChI=1S/C9H16Si/c1-8-6-5-7-9(8)10(2,3)4/h5-7,9H,1-4H3. The third-order valence-electron chi connectivity index (χ3n) is 2.09. The molecular weight excluding hydrogens is 136 g/mol. The summed E-state index contributed by atoms with van der Waals surface area (Å²) in [5.74, 6) is 0.